The average molecular weight is 263 g/mol. The van der Waals surface area contributed by atoms with Gasteiger partial charge in [0, 0.05) is 12.6 Å². The summed E-state index contributed by atoms with van der Waals surface area (Å²) in [6.45, 7) is 4.23. The Morgan fingerprint density at radius 1 is 1.26 bits per heavy atom. The van der Waals surface area contributed by atoms with Gasteiger partial charge in [-0.15, -0.1) is 0 Å². The van der Waals surface area contributed by atoms with Crippen molar-refractivity contribution in [1.82, 2.24) is 10.2 Å². The molecule has 2 rings (SSSR count). The quantitative estimate of drug-likeness (QED) is 0.829. The van der Waals surface area contributed by atoms with Crippen molar-refractivity contribution in [2.75, 3.05) is 20.1 Å². The van der Waals surface area contributed by atoms with Crippen LogP contribution in [0.1, 0.15) is 58.3 Å². The highest BCUT2D eigenvalue weighted by Crippen LogP contribution is 2.32. The monoisotopic (exact) mass is 263 g/mol. The number of rotatable bonds is 5. The van der Waals surface area contributed by atoms with Crippen molar-refractivity contribution >= 4 is 0 Å². The van der Waals surface area contributed by atoms with Gasteiger partial charge in [-0.1, -0.05) is 19.8 Å². The van der Waals surface area contributed by atoms with Crippen molar-refractivity contribution in [3.63, 3.8) is 0 Å². The summed E-state index contributed by atoms with van der Waals surface area (Å²) in [5.41, 5.74) is -0.262. The summed E-state index contributed by atoms with van der Waals surface area (Å²) in [6.07, 6.45) is 10.1. The zero-order chi connectivity index (χ0) is 13.7. The fourth-order valence-electron chi connectivity index (χ4n) is 4.01. The lowest BCUT2D eigenvalue weighted by molar-refractivity contribution is 0.129. The first kappa shape index (κ1) is 14.8. The topological polar surface area (TPSA) is 39.1 Å². The Kier molecular flexibility index (Phi) is 5.24. The lowest BCUT2D eigenvalue weighted by Crippen LogP contribution is -2.52. The van der Waals surface area contributed by atoms with Crippen LogP contribution in [0, 0.1) is 17.2 Å². The van der Waals surface area contributed by atoms with Gasteiger partial charge in [0.05, 0.1) is 6.07 Å². The molecular weight excluding hydrogens is 234 g/mol. The molecule has 2 unspecified atom stereocenters. The minimum absolute atomic E-state index is 0.262. The predicted octanol–water partition coefficient (Wildman–Crippen LogP) is 2.92. The average Bonchev–Trinajstić information content (AvgIpc) is 2.92. The third-order valence-corrected chi connectivity index (χ3v) is 5.10. The lowest BCUT2D eigenvalue weighted by atomic mass is 9.79. The molecule has 2 aliphatic rings. The molecule has 0 spiro atoms. The number of nitrogens with zero attached hydrogens (tertiary/aromatic N) is 2. The zero-order valence-electron chi connectivity index (χ0n) is 12.6. The van der Waals surface area contributed by atoms with E-state index in [4.69, 9.17) is 0 Å². The number of hydrogen-bond donors (Lipinski definition) is 1. The van der Waals surface area contributed by atoms with E-state index >= 15 is 0 Å². The largest absolute Gasteiger partial charge is 0.303 e. The Morgan fingerprint density at radius 3 is 2.63 bits per heavy atom. The maximum Gasteiger partial charge on any atom is 0.108 e. The second-order valence-electron chi connectivity index (χ2n) is 6.56. The second kappa shape index (κ2) is 6.72. The first-order valence-electron chi connectivity index (χ1n) is 8.05. The Balaban J connectivity index is 1.90. The third kappa shape index (κ3) is 3.70. The number of hydrogen-bond acceptors (Lipinski definition) is 3. The van der Waals surface area contributed by atoms with E-state index in [-0.39, 0.29) is 5.54 Å². The SMILES string of the molecule is CCNC1(C#N)CCCC(N(C)CC2CCCC2)C1. The number of nitrogens with one attached hydrogen (secondary N) is 1. The zero-order valence-corrected chi connectivity index (χ0v) is 12.6. The summed E-state index contributed by atoms with van der Waals surface area (Å²) in [7, 11) is 2.27. The van der Waals surface area contributed by atoms with Crippen LogP contribution in [0.5, 0.6) is 0 Å². The highest BCUT2D eigenvalue weighted by Gasteiger charge is 2.37. The van der Waals surface area contributed by atoms with E-state index in [2.05, 4.69) is 30.3 Å². The van der Waals surface area contributed by atoms with Gasteiger partial charge in [-0.05, 0) is 58.0 Å². The molecule has 0 aliphatic heterocycles. The van der Waals surface area contributed by atoms with E-state index in [1.165, 1.54) is 45.1 Å². The minimum atomic E-state index is -0.262. The van der Waals surface area contributed by atoms with Crippen LogP contribution < -0.4 is 5.32 Å². The summed E-state index contributed by atoms with van der Waals surface area (Å²) < 4.78 is 0. The van der Waals surface area contributed by atoms with Crippen LogP contribution in [0.15, 0.2) is 0 Å². The van der Waals surface area contributed by atoms with Crippen LogP contribution in [0.3, 0.4) is 0 Å². The van der Waals surface area contributed by atoms with Crippen LogP contribution in [0.2, 0.25) is 0 Å². The molecule has 0 radical (unpaired) electrons. The maximum absolute atomic E-state index is 9.53. The smallest absolute Gasteiger partial charge is 0.108 e. The molecule has 3 heteroatoms. The van der Waals surface area contributed by atoms with Gasteiger partial charge < -0.3 is 4.90 Å². The lowest BCUT2D eigenvalue weighted by Gasteiger charge is -2.41. The van der Waals surface area contributed by atoms with Crippen LogP contribution >= 0.6 is 0 Å². The molecule has 0 aromatic rings. The van der Waals surface area contributed by atoms with Crippen LogP contribution in [0.4, 0.5) is 0 Å². The summed E-state index contributed by atoms with van der Waals surface area (Å²) in [6, 6.07) is 3.15. The third-order valence-electron chi connectivity index (χ3n) is 5.10. The fraction of sp³-hybridized carbons (Fsp3) is 0.938. The molecule has 2 atom stereocenters. The highest BCUT2D eigenvalue weighted by atomic mass is 15.1. The van der Waals surface area contributed by atoms with Crippen molar-refractivity contribution in [2.45, 2.75) is 69.9 Å². The molecule has 0 bridgehead atoms. The molecular formula is C16H29N3. The van der Waals surface area contributed by atoms with Gasteiger partial charge in [0.1, 0.15) is 5.54 Å². The second-order valence-corrected chi connectivity index (χ2v) is 6.56. The molecule has 0 amide bonds. The normalized spacial score (nSPS) is 32.6. The van der Waals surface area contributed by atoms with Crippen molar-refractivity contribution in [2.24, 2.45) is 5.92 Å². The highest BCUT2D eigenvalue weighted by molar-refractivity contribution is 5.11. The summed E-state index contributed by atoms with van der Waals surface area (Å²) in [4.78, 5) is 2.54. The molecule has 0 saturated heterocycles. The fourth-order valence-corrected chi connectivity index (χ4v) is 4.01. The first-order valence-corrected chi connectivity index (χ1v) is 8.05. The molecule has 0 heterocycles. The summed E-state index contributed by atoms with van der Waals surface area (Å²) in [5.74, 6) is 0.905. The molecule has 2 fully saturated rings. The Morgan fingerprint density at radius 2 is 2.00 bits per heavy atom. The van der Waals surface area contributed by atoms with Crippen LogP contribution in [0.25, 0.3) is 0 Å². The van der Waals surface area contributed by atoms with E-state index in [0.29, 0.717) is 6.04 Å². The molecule has 0 aromatic heterocycles. The summed E-state index contributed by atoms with van der Waals surface area (Å²) >= 11 is 0. The van der Waals surface area contributed by atoms with Crippen molar-refractivity contribution in [1.29, 1.82) is 5.26 Å². The maximum atomic E-state index is 9.53. The first-order chi connectivity index (χ1) is 9.19. The van der Waals surface area contributed by atoms with Gasteiger partial charge in [0.2, 0.25) is 0 Å². The Labute approximate surface area is 118 Å². The molecule has 2 aliphatic carbocycles. The minimum Gasteiger partial charge on any atom is -0.303 e. The standard InChI is InChI=1S/C16H29N3/c1-3-18-16(13-17)10-6-9-15(11-16)19(2)12-14-7-4-5-8-14/h14-15,18H,3-12H2,1-2H3. The van der Waals surface area contributed by atoms with E-state index < -0.39 is 0 Å². The Hall–Kier alpha value is -0.590. The molecule has 2 saturated carbocycles. The van der Waals surface area contributed by atoms with E-state index in [1.54, 1.807) is 0 Å². The van der Waals surface area contributed by atoms with Gasteiger partial charge in [-0.2, -0.15) is 5.26 Å². The van der Waals surface area contributed by atoms with E-state index in [9.17, 15) is 5.26 Å². The van der Waals surface area contributed by atoms with Gasteiger partial charge in [-0.3, -0.25) is 5.32 Å². The molecule has 108 valence electrons. The van der Waals surface area contributed by atoms with Gasteiger partial charge in [0.25, 0.3) is 0 Å². The molecule has 0 aromatic carbocycles. The van der Waals surface area contributed by atoms with Crippen LogP contribution in [-0.2, 0) is 0 Å². The molecule has 3 nitrogen and oxygen atoms in total. The predicted molar refractivity (Wildman–Crippen MR) is 78.9 cm³/mol. The van der Waals surface area contributed by atoms with Crippen molar-refractivity contribution < 1.29 is 0 Å². The van der Waals surface area contributed by atoms with E-state index in [0.717, 1.165) is 25.3 Å². The number of nitriles is 1. The Bertz CT molecular complexity index is 312. The van der Waals surface area contributed by atoms with Gasteiger partial charge >= 0.3 is 0 Å². The van der Waals surface area contributed by atoms with Gasteiger partial charge in [0.15, 0.2) is 0 Å². The summed E-state index contributed by atoms with van der Waals surface area (Å²) in [5, 5.41) is 13.0. The molecule has 1 N–H and O–H groups in total. The van der Waals surface area contributed by atoms with E-state index in [1.807, 2.05) is 0 Å². The van der Waals surface area contributed by atoms with Crippen molar-refractivity contribution in [3.05, 3.63) is 0 Å². The molecule has 19 heavy (non-hydrogen) atoms. The van der Waals surface area contributed by atoms with Gasteiger partial charge in [-0.25, -0.2) is 0 Å². The van der Waals surface area contributed by atoms with Crippen molar-refractivity contribution in [3.8, 4) is 6.07 Å². The van der Waals surface area contributed by atoms with Crippen LogP contribution in [-0.4, -0.2) is 36.6 Å².